The molecule has 0 amide bonds. The van der Waals surface area contributed by atoms with Crippen molar-refractivity contribution in [2.45, 2.75) is 17.7 Å². The molecule has 4 N–H and O–H groups in total. The second kappa shape index (κ2) is 7.51. The Morgan fingerprint density at radius 1 is 1.13 bits per heavy atom. The van der Waals surface area contributed by atoms with Gasteiger partial charge in [-0.1, -0.05) is 11.6 Å². The topological polar surface area (TPSA) is 132 Å². The lowest BCUT2D eigenvalue weighted by molar-refractivity contribution is -0.136. The van der Waals surface area contributed by atoms with E-state index in [1.807, 2.05) is 0 Å². The molecule has 154 valence electrons. The Morgan fingerprint density at radius 2 is 1.87 bits per heavy atom. The van der Waals surface area contributed by atoms with Gasteiger partial charge in [0, 0.05) is 39.6 Å². The summed E-state index contributed by atoms with van der Waals surface area (Å²) in [6.07, 6.45) is 1.67. The van der Waals surface area contributed by atoms with Crippen LogP contribution in [0.3, 0.4) is 0 Å². The SMILES string of the molecule is O=C(O)CCc1c[nH]c2c(=O)[nH]c3ccc(S(=O)(=O)Nc4ccc(Cl)cc4)cc3c12. The third-order valence-electron chi connectivity index (χ3n) is 4.71. The van der Waals surface area contributed by atoms with Crippen molar-refractivity contribution in [3.63, 3.8) is 0 Å². The number of fused-ring (bicyclic) bond motifs is 3. The minimum Gasteiger partial charge on any atom is -0.481 e. The van der Waals surface area contributed by atoms with Crippen LogP contribution in [-0.4, -0.2) is 29.5 Å². The fourth-order valence-corrected chi connectivity index (χ4v) is 4.52. The highest BCUT2D eigenvalue weighted by Crippen LogP contribution is 2.28. The minimum absolute atomic E-state index is 0.00341. The molecule has 8 nitrogen and oxygen atoms in total. The summed E-state index contributed by atoms with van der Waals surface area (Å²) >= 11 is 5.84. The van der Waals surface area contributed by atoms with Gasteiger partial charge in [-0.3, -0.25) is 14.3 Å². The van der Waals surface area contributed by atoms with Crippen LogP contribution in [0.25, 0.3) is 21.8 Å². The van der Waals surface area contributed by atoms with Gasteiger partial charge >= 0.3 is 5.97 Å². The lowest BCUT2D eigenvalue weighted by atomic mass is 10.0. The van der Waals surface area contributed by atoms with Crippen LogP contribution in [0.1, 0.15) is 12.0 Å². The Morgan fingerprint density at radius 3 is 2.57 bits per heavy atom. The number of halogens is 1. The molecule has 0 aliphatic rings. The maximum Gasteiger partial charge on any atom is 0.303 e. The Kier molecular flexibility index (Phi) is 5.00. The number of benzene rings is 2. The van der Waals surface area contributed by atoms with E-state index >= 15 is 0 Å². The van der Waals surface area contributed by atoms with Crippen LogP contribution in [-0.2, 0) is 21.2 Å². The molecule has 0 aliphatic heterocycles. The number of carbonyl (C=O) groups is 1. The highest BCUT2D eigenvalue weighted by atomic mass is 35.5. The van der Waals surface area contributed by atoms with Crippen LogP contribution in [0.15, 0.2) is 58.4 Å². The van der Waals surface area contributed by atoms with Crippen molar-refractivity contribution in [1.82, 2.24) is 9.97 Å². The molecule has 0 atom stereocenters. The quantitative estimate of drug-likeness (QED) is 0.360. The number of hydrogen-bond donors (Lipinski definition) is 4. The molecular weight excluding hydrogens is 430 g/mol. The summed E-state index contributed by atoms with van der Waals surface area (Å²) < 4.78 is 28.2. The molecule has 4 aromatic rings. The second-order valence-corrected chi connectivity index (χ2v) is 8.85. The molecule has 0 saturated heterocycles. The number of aliphatic carboxylic acids is 1. The van der Waals surface area contributed by atoms with Crippen LogP contribution in [0.2, 0.25) is 5.02 Å². The minimum atomic E-state index is -3.91. The maximum atomic E-state index is 12.9. The van der Waals surface area contributed by atoms with E-state index in [0.29, 0.717) is 32.6 Å². The van der Waals surface area contributed by atoms with Crippen molar-refractivity contribution in [3.05, 3.63) is 69.6 Å². The first-order valence-electron chi connectivity index (χ1n) is 8.91. The zero-order valence-electron chi connectivity index (χ0n) is 15.4. The third-order valence-corrected chi connectivity index (χ3v) is 6.34. The number of anilines is 1. The van der Waals surface area contributed by atoms with Crippen molar-refractivity contribution < 1.29 is 18.3 Å². The van der Waals surface area contributed by atoms with Crippen LogP contribution >= 0.6 is 11.6 Å². The number of pyridine rings is 1. The van der Waals surface area contributed by atoms with Gasteiger partial charge in [-0.15, -0.1) is 0 Å². The zero-order chi connectivity index (χ0) is 21.5. The summed E-state index contributed by atoms with van der Waals surface area (Å²) in [5.41, 5.74) is 1.34. The van der Waals surface area contributed by atoms with Crippen molar-refractivity contribution in [2.24, 2.45) is 0 Å². The number of aromatic nitrogens is 2. The first-order valence-corrected chi connectivity index (χ1v) is 10.8. The number of nitrogens with one attached hydrogen (secondary N) is 3. The van der Waals surface area contributed by atoms with E-state index in [1.165, 1.54) is 18.2 Å². The number of aryl methyl sites for hydroxylation is 1. The standard InChI is InChI=1S/C20H16ClN3O5S/c21-12-2-4-13(5-3-12)24-30(28,29)14-6-7-16-15(9-14)18-11(1-8-17(25)26)10-22-19(18)20(27)23-16/h2-7,9-10,22,24H,1,8H2,(H,23,27)(H,25,26). The molecule has 10 heteroatoms. The highest BCUT2D eigenvalue weighted by molar-refractivity contribution is 7.92. The van der Waals surface area contributed by atoms with Gasteiger partial charge in [-0.25, -0.2) is 8.42 Å². The van der Waals surface area contributed by atoms with Crippen LogP contribution in [0, 0.1) is 0 Å². The lowest BCUT2D eigenvalue weighted by Crippen LogP contribution is -2.13. The Hall–Kier alpha value is -3.30. The first-order chi connectivity index (χ1) is 14.2. The molecule has 0 unspecified atom stereocenters. The van der Waals surface area contributed by atoms with Crippen LogP contribution < -0.4 is 10.3 Å². The molecule has 4 rings (SSSR count). The number of hydrogen-bond acceptors (Lipinski definition) is 4. The summed E-state index contributed by atoms with van der Waals surface area (Å²) in [5, 5.41) is 10.5. The largest absolute Gasteiger partial charge is 0.481 e. The van der Waals surface area contributed by atoms with E-state index in [2.05, 4.69) is 14.7 Å². The van der Waals surface area contributed by atoms with Gasteiger partial charge in [0.05, 0.1) is 4.90 Å². The smallest absolute Gasteiger partial charge is 0.303 e. The van der Waals surface area contributed by atoms with Gasteiger partial charge in [0.2, 0.25) is 0 Å². The van der Waals surface area contributed by atoms with E-state index in [9.17, 15) is 18.0 Å². The number of rotatable bonds is 6. The van der Waals surface area contributed by atoms with Gasteiger partial charge < -0.3 is 15.1 Å². The summed E-state index contributed by atoms with van der Waals surface area (Å²) in [4.78, 5) is 28.9. The average molecular weight is 446 g/mol. The highest BCUT2D eigenvalue weighted by Gasteiger charge is 2.18. The molecular formula is C20H16ClN3O5S. The van der Waals surface area contributed by atoms with Crippen molar-refractivity contribution in [3.8, 4) is 0 Å². The van der Waals surface area contributed by atoms with E-state index in [1.54, 1.807) is 30.5 Å². The van der Waals surface area contributed by atoms with Gasteiger partial charge in [0.1, 0.15) is 5.52 Å². The average Bonchev–Trinajstić information content (AvgIpc) is 3.13. The molecule has 0 aliphatic carbocycles. The third kappa shape index (κ3) is 3.77. The molecule has 0 fully saturated rings. The zero-order valence-corrected chi connectivity index (χ0v) is 17.0. The fourth-order valence-electron chi connectivity index (χ4n) is 3.31. The summed E-state index contributed by atoms with van der Waals surface area (Å²) in [6.45, 7) is 0. The fraction of sp³-hybridized carbons (Fsp3) is 0.100. The molecule has 30 heavy (non-hydrogen) atoms. The molecule has 0 saturated carbocycles. The van der Waals surface area contributed by atoms with Crippen molar-refractivity contribution >= 4 is 55.1 Å². The summed E-state index contributed by atoms with van der Waals surface area (Å²) in [7, 11) is -3.91. The molecule has 2 aromatic carbocycles. The molecule has 0 radical (unpaired) electrons. The number of sulfonamides is 1. The lowest BCUT2D eigenvalue weighted by Gasteiger charge is -2.10. The van der Waals surface area contributed by atoms with Crippen molar-refractivity contribution in [1.29, 1.82) is 0 Å². The van der Waals surface area contributed by atoms with Crippen LogP contribution in [0.4, 0.5) is 5.69 Å². The number of carboxylic acid groups (broad SMARTS) is 1. The number of aromatic amines is 2. The monoisotopic (exact) mass is 445 g/mol. The molecule has 2 aromatic heterocycles. The van der Waals surface area contributed by atoms with Crippen molar-refractivity contribution in [2.75, 3.05) is 4.72 Å². The normalized spacial score (nSPS) is 11.8. The number of H-pyrrole nitrogens is 2. The summed E-state index contributed by atoms with van der Waals surface area (Å²) in [6, 6.07) is 10.6. The maximum absolute atomic E-state index is 12.9. The Labute approximate surface area is 175 Å². The Balaban J connectivity index is 1.84. The van der Waals surface area contributed by atoms with Crippen LogP contribution in [0.5, 0.6) is 0 Å². The van der Waals surface area contributed by atoms with Gasteiger partial charge in [0.15, 0.2) is 0 Å². The van der Waals surface area contributed by atoms with E-state index in [0.717, 1.165) is 0 Å². The molecule has 2 heterocycles. The number of carboxylic acids is 1. The summed E-state index contributed by atoms with van der Waals surface area (Å²) in [5.74, 6) is -0.964. The Bertz CT molecular complexity index is 1440. The predicted octanol–water partition coefficient (Wildman–Crippen LogP) is 3.48. The van der Waals surface area contributed by atoms with E-state index in [-0.39, 0.29) is 28.8 Å². The van der Waals surface area contributed by atoms with Gasteiger partial charge in [-0.2, -0.15) is 0 Å². The van der Waals surface area contributed by atoms with Gasteiger partial charge in [0.25, 0.3) is 15.6 Å². The van der Waals surface area contributed by atoms with E-state index in [4.69, 9.17) is 16.7 Å². The predicted molar refractivity (Wildman–Crippen MR) is 115 cm³/mol. The molecule has 0 bridgehead atoms. The van der Waals surface area contributed by atoms with Gasteiger partial charge in [-0.05, 0) is 54.4 Å². The molecule has 0 spiro atoms. The second-order valence-electron chi connectivity index (χ2n) is 6.73. The first kappa shape index (κ1) is 20.0. The van der Waals surface area contributed by atoms with E-state index < -0.39 is 16.0 Å².